The molecule has 0 bridgehead atoms. The van der Waals surface area contributed by atoms with Crippen LogP contribution in [-0.4, -0.2) is 65.1 Å². The minimum atomic E-state index is -2.97. The normalized spacial score (nSPS) is 20.2. The van der Waals surface area contributed by atoms with Crippen LogP contribution < -0.4 is 11.1 Å². The van der Waals surface area contributed by atoms with Crippen molar-refractivity contribution in [2.24, 2.45) is 22.1 Å². The first-order valence-corrected chi connectivity index (χ1v) is 16.5. The number of nitrogens with two attached hydrogens (primary N) is 1. The number of rotatable bonds is 10. The van der Waals surface area contributed by atoms with E-state index in [9.17, 15) is 27.2 Å². The van der Waals surface area contributed by atoms with Crippen LogP contribution in [0.3, 0.4) is 0 Å². The van der Waals surface area contributed by atoms with Crippen LogP contribution in [0, 0.1) is 11.3 Å². The van der Waals surface area contributed by atoms with Crippen LogP contribution in [-0.2, 0) is 9.53 Å². The summed E-state index contributed by atoms with van der Waals surface area (Å²) < 4.78 is 61.1. The van der Waals surface area contributed by atoms with Crippen molar-refractivity contribution < 1.29 is 31.9 Å². The van der Waals surface area contributed by atoms with E-state index >= 15 is 0 Å². The van der Waals surface area contributed by atoms with Gasteiger partial charge in [-0.3, -0.25) is 9.69 Å². The van der Waals surface area contributed by atoms with E-state index in [-0.39, 0.29) is 23.1 Å². The molecule has 3 aromatic rings. The van der Waals surface area contributed by atoms with Gasteiger partial charge in [0.2, 0.25) is 0 Å². The summed E-state index contributed by atoms with van der Waals surface area (Å²) in [5.41, 5.74) is 5.67. The Morgan fingerprint density at radius 1 is 1.16 bits per heavy atom. The lowest BCUT2D eigenvalue weighted by molar-refractivity contribution is -0.136. The maximum absolute atomic E-state index is 14.9. The molecule has 2 aromatic heterocycles. The molecule has 2 aliphatic rings. The smallest absolute Gasteiger partial charge is 0.407 e. The van der Waals surface area contributed by atoms with Crippen molar-refractivity contribution in [1.82, 2.24) is 34.8 Å². The van der Waals surface area contributed by atoms with Gasteiger partial charge in [-0.25, -0.2) is 32.9 Å². The predicted molar refractivity (Wildman–Crippen MR) is 182 cm³/mol. The fourth-order valence-electron chi connectivity index (χ4n) is 6.30. The first-order valence-electron chi connectivity index (χ1n) is 16.1. The van der Waals surface area contributed by atoms with E-state index < -0.39 is 65.9 Å². The molecule has 12 nitrogen and oxygen atoms in total. The van der Waals surface area contributed by atoms with Crippen LogP contribution in [0.1, 0.15) is 90.4 Å². The van der Waals surface area contributed by atoms with E-state index in [0.29, 0.717) is 27.8 Å². The van der Waals surface area contributed by atoms with Crippen molar-refractivity contribution in [2.45, 2.75) is 84.5 Å². The second kappa shape index (κ2) is 14.1. The number of ether oxygens (including phenoxy) is 1. The zero-order chi connectivity index (χ0) is 37.5. The second-order valence-electron chi connectivity index (χ2n) is 14.7. The quantitative estimate of drug-likeness (QED) is 0.213. The van der Waals surface area contributed by atoms with Gasteiger partial charge in [0.05, 0.1) is 22.9 Å². The van der Waals surface area contributed by atoms with Crippen LogP contribution in [0.15, 0.2) is 60.1 Å². The third-order valence-electron chi connectivity index (χ3n) is 8.31. The van der Waals surface area contributed by atoms with E-state index in [4.69, 9.17) is 27.1 Å². The standard InChI is InChI=1S/C34H40ClF4N9O3/c1-32(2,3)17-34(22-10-7-19(8-11-22)21-14-42-46(15-21)29(38)39)28(49)47(30(40)44-34)25(16-51-31(50)45-33(4,5)6)20-9-12-23(35)24(13-20)48-27(26(36)37)41-18-43-48/h7-10,12-15,18,22,25-26,29H,11,16-17H2,1-6H3,(H2,40,44)(H,45,50)/t22?,25-,34-/m1/s1. The molecule has 1 aliphatic heterocycles. The van der Waals surface area contributed by atoms with E-state index in [1.807, 2.05) is 32.9 Å². The Balaban J connectivity index is 1.55. The molecule has 0 saturated carbocycles. The molecular weight excluding hydrogens is 694 g/mol. The Kier molecular flexibility index (Phi) is 10.4. The summed E-state index contributed by atoms with van der Waals surface area (Å²) in [5, 5.41) is 10.4. The van der Waals surface area contributed by atoms with Gasteiger partial charge in [-0.1, -0.05) is 56.7 Å². The topological polar surface area (TPSA) is 146 Å². The van der Waals surface area contributed by atoms with E-state index in [0.717, 1.165) is 11.0 Å². The third kappa shape index (κ3) is 8.10. The number of allylic oxidation sites excluding steroid dienone is 3. The van der Waals surface area contributed by atoms with Gasteiger partial charge in [0.25, 0.3) is 12.3 Å². The molecule has 5 rings (SSSR count). The molecule has 3 heterocycles. The van der Waals surface area contributed by atoms with Gasteiger partial charge < -0.3 is 15.8 Å². The number of carbonyl (C=O) groups is 2. The highest BCUT2D eigenvalue weighted by Gasteiger charge is 2.55. The van der Waals surface area contributed by atoms with Crippen LogP contribution >= 0.6 is 11.6 Å². The molecule has 51 heavy (non-hydrogen) atoms. The first kappa shape index (κ1) is 37.5. The van der Waals surface area contributed by atoms with Gasteiger partial charge in [-0.05, 0) is 62.3 Å². The lowest BCUT2D eigenvalue weighted by Gasteiger charge is -2.38. The number of guanidine groups is 1. The van der Waals surface area contributed by atoms with Crippen molar-refractivity contribution in [3.63, 3.8) is 0 Å². The van der Waals surface area contributed by atoms with Crippen molar-refractivity contribution in [3.05, 3.63) is 77.1 Å². The van der Waals surface area contributed by atoms with Crippen molar-refractivity contribution in [1.29, 1.82) is 0 Å². The maximum atomic E-state index is 14.9. The number of benzene rings is 1. The molecule has 17 heteroatoms. The van der Waals surface area contributed by atoms with Gasteiger partial charge in [-0.15, -0.1) is 0 Å². The Hall–Kier alpha value is -4.73. The second-order valence-corrected chi connectivity index (χ2v) is 15.1. The third-order valence-corrected chi connectivity index (χ3v) is 8.63. The van der Waals surface area contributed by atoms with E-state index in [1.54, 1.807) is 32.9 Å². The molecule has 2 amide bonds. The largest absolute Gasteiger partial charge is 0.447 e. The monoisotopic (exact) mass is 733 g/mol. The summed E-state index contributed by atoms with van der Waals surface area (Å²) in [5.74, 6) is -1.76. The summed E-state index contributed by atoms with van der Waals surface area (Å²) in [4.78, 5) is 37.5. The lowest BCUT2D eigenvalue weighted by Crippen LogP contribution is -2.52. The highest BCUT2D eigenvalue weighted by Crippen LogP contribution is 2.46. The number of halogens is 5. The molecule has 274 valence electrons. The minimum Gasteiger partial charge on any atom is -0.447 e. The molecule has 0 spiro atoms. The molecule has 3 N–H and O–H groups in total. The van der Waals surface area contributed by atoms with Gasteiger partial charge in [-0.2, -0.15) is 19.0 Å². The Labute approximate surface area is 297 Å². The van der Waals surface area contributed by atoms with Crippen molar-refractivity contribution >= 4 is 35.1 Å². The SMILES string of the molecule is CC(C)(C)C[C@]1(C2C=CC(c3cnn(C(F)F)c3)=CC2)N=C(N)N([C@H](COC(=O)NC(C)(C)C)c2ccc(Cl)c(-n3ncnc3C(F)F)c2)C1=O. The molecule has 0 radical (unpaired) electrons. The Morgan fingerprint density at radius 2 is 1.88 bits per heavy atom. The number of aliphatic imine (C=N–C) groups is 1. The number of hydrogen-bond donors (Lipinski definition) is 2. The van der Waals surface area contributed by atoms with Gasteiger partial charge in [0, 0.05) is 23.2 Å². The average Bonchev–Trinajstić information content (AvgIpc) is 3.77. The number of alkyl halides is 4. The fourth-order valence-corrected chi connectivity index (χ4v) is 6.50. The molecule has 0 saturated heterocycles. The summed E-state index contributed by atoms with van der Waals surface area (Å²) in [6.45, 7) is 8.02. The van der Waals surface area contributed by atoms with Crippen molar-refractivity contribution in [3.8, 4) is 5.69 Å². The first-order chi connectivity index (χ1) is 23.8. The van der Waals surface area contributed by atoms with Gasteiger partial charge >= 0.3 is 12.6 Å². The van der Waals surface area contributed by atoms with E-state index in [2.05, 4.69) is 20.5 Å². The van der Waals surface area contributed by atoms with Crippen LogP contribution in [0.25, 0.3) is 11.3 Å². The number of carbonyl (C=O) groups excluding carboxylic acids is 2. The molecule has 3 atom stereocenters. The molecule has 1 unspecified atom stereocenters. The van der Waals surface area contributed by atoms with E-state index in [1.165, 1.54) is 29.4 Å². The highest BCUT2D eigenvalue weighted by atomic mass is 35.5. The summed E-state index contributed by atoms with van der Waals surface area (Å²) in [6.07, 6.45) is 5.82. The molecule has 1 aromatic carbocycles. The Bertz CT molecular complexity index is 1880. The van der Waals surface area contributed by atoms with Crippen LogP contribution in [0.2, 0.25) is 5.02 Å². The maximum Gasteiger partial charge on any atom is 0.407 e. The predicted octanol–water partition coefficient (Wildman–Crippen LogP) is 7.01. The summed E-state index contributed by atoms with van der Waals surface area (Å²) >= 11 is 6.47. The van der Waals surface area contributed by atoms with Crippen LogP contribution in [0.4, 0.5) is 22.4 Å². The summed E-state index contributed by atoms with van der Waals surface area (Å²) in [6, 6.07) is 3.40. The zero-order valence-corrected chi connectivity index (χ0v) is 29.7. The number of nitrogens with zero attached hydrogens (tertiary/aromatic N) is 7. The number of alkyl carbamates (subject to hydrolysis) is 1. The molecule has 0 fully saturated rings. The fraction of sp³-hybridized carbons (Fsp3) is 0.471. The van der Waals surface area contributed by atoms with Crippen LogP contribution in [0.5, 0.6) is 0 Å². The Morgan fingerprint density at radius 3 is 2.47 bits per heavy atom. The molecule has 1 aliphatic carbocycles. The van der Waals surface area contributed by atoms with Gasteiger partial charge in [0.15, 0.2) is 17.3 Å². The van der Waals surface area contributed by atoms with Crippen molar-refractivity contribution in [2.75, 3.05) is 6.61 Å². The minimum absolute atomic E-state index is 0.0530. The van der Waals surface area contributed by atoms with Gasteiger partial charge in [0.1, 0.15) is 12.9 Å². The zero-order valence-electron chi connectivity index (χ0n) is 28.9. The number of nitrogens with one attached hydrogen (secondary N) is 1. The molecular formula is C34H40ClF4N9O3. The number of aromatic nitrogens is 5. The highest BCUT2D eigenvalue weighted by molar-refractivity contribution is 6.32. The average molecular weight is 734 g/mol. The number of hydrogen-bond acceptors (Lipinski definition) is 8. The lowest BCUT2D eigenvalue weighted by atomic mass is 9.70. The summed E-state index contributed by atoms with van der Waals surface area (Å²) in [7, 11) is 0. The number of amides is 2.